The molecule has 2 aromatic carbocycles. The Morgan fingerprint density at radius 3 is 2.68 bits per heavy atom. The zero-order valence-corrected chi connectivity index (χ0v) is 19.7. The number of aromatic nitrogens is 3. The Hall–Kier alpha value is -3.43. The van der Waals surface area contributed by atoms with Crippen LogP contribution in [-0.4, -0.2) is 35.8 Å². The molecule has 4 aromatic rings. The van der Waals surface area contributed by atoms with Crippen LogP contribution in [0.25, 0.3) is 22.2 Å². The lowest BCUT2D eigenvalue weighted by Crippen LogP contribution is -2.36. The SMILES string of the molecule is CS(=O)(=O)NC[C@H]1C[C@@H](n2cc(-c3cccc(OCc4ccccc4)c3)c3c(N)ncnc32)C1. The van der Waals surface area contributed by atoms with E-state index in [0.29, 0.717) is 24.9 Å². The predicted molar refractivity (Wildman–Crippen MR) is 133 cm³/mol. The van der Waals surface area contributed by atoms with Crippen molar-refractivity contribution in [3.05, 3.63) is 72.7 Å². The molecule has 1 saturated carbocycles. The Labute approximate surface area is 198 Å². The quantitative estimate of drug-likeness (QED) is 0.400. The van der Waals surface area contributed by atoms with Gasteiger partial charge in [0.25, 0.3) is 0 Å². The van der Waals surface area contributed by atoms with Crippen LogP contribution < -0.4 is 15.2 Å². The van der Waals surface area contributed by atoms with Crippen molar-refractivity contribution in [3.63, 3.8) is 0 Å². The fourth-order valence-electron chi connectivity index (χ4n) is 4.46. The number of rotatable bonds is 8. The highest BCUT2D eigenvalue weighted by Crippen LogP contribution is 2.43. The second kappa shape index (κ2) is 9.08. The third-order valence-corrected chi connectivity index (χ3v) is 6.96. The summed E-state index contributed by atoms with van der Waals surface area (Å²) in [5.74, 6) is 1.51. The first kappa shape index (κ1) is 22.4. The number of sulfonamides is 1. The summed E-state index contributed by atoms with van der Waals surface area (Å²) in [6.07, 6.45) is 6.49. The van der Waals surface area contributed by atoms with E-state index in [4.69, 9.17) is 10.5 Å². The van der Waals surface area contributed by atoms with Crippen molar-refractivity contribution in [3.8, 4) is 16.9 Å². The monoisotopic (exact) mass is 477 g/mol. The summed E-state index contributed by atoms with van der Waals surface area (Å²) in [7, 11) is -3.18. The molecule has 0 unspecified atom stereocenters. The van der Waals surface area contributed by atoms with Gasteiger partial charge < -0.3 is 15.0 Å². The number of hydrogen-bond donors (Lipinski definition) is 2. The molecule has 1 aliphatic carbocycles. The predicted octanol–water partition coefficient (Wildman–Crippen LogP) is 3.76. The summed E-state index contributed by atoms with van der Waals surface area (Å²) in [6.45, 7) is 0.946. The molecular weight excluding hydrogens is 450 g/mol. The fraction of sp³-hybridized carbons (Fsp3) is 0.280. The van der Waals surface area contributed by atoms with Crippen molar-refractivity contribution in [2.45, 2.75) is 25.5 Å². The summed E-state index contributed by atoms with van der Waals surface area (Å²) in [4.78, 5) is 8.75. The Morgan fingerprint density at radius 1 is 1.12 bits per heavy atom. The molecule has 1 fully saturated rings. The van der Waals surface area contributed by atoms with E-state index in [-0.39, 0.29) is 6.04 Å². The molecule has 8 nitrogen and oxygen atoms in total. The number of nitrogen functional groups attached to an aromatic ring is 1. The second-order valence-corrected chi connectivity index (χ2v) is 10.7. The number of ether oxygens (including phenoxy) is 1. The lowest BCUT2D eigenvalue weighted by atomic mass is 9.80. The van der Waals surface area contributed by atoms with Gasteiger partial charge in [-0.2, -0.15) is 0 Å². The number of hydrogen-bond acceptors (Lipinski definition) is 6. The Bertz CT molecular complexity index is 1410. The van der Waals surface area contributed by atoms with Crippen molar-refractivity contribution in [1.82, 2.24) is 19.3 Å². The molecule has 3 N–H and O–H groups in total. The minimum absolute atomic E-state index is 0.231. The molecule has 1 aliphatic rings. The van der Waals surface area contributed by atoms with Gasteiger partial charge in [0, 0.05) is 24.3 Å². The van der Waals surface area contributed by atoms with Gasteiger partial charge in [0.15, 0.2) is 0 Å². The van der Waals surface area contributed by atoms with E-state index in [0.717, 1.165) is 46.3 Å². The maximum atomic E-state index is 11.4. The van der Waals surface area contributed by atoms with Gasteiger partial charge in [0.2, 0.25) is 10.0 Å². The third kappa shape index (κ3) is 4.76. The standard InChI is InChI=1S/C25H27N5O3S/c1-34(31,32)29-13-18-10-20(11-18)30-14-22(23-24(26)27-16-28-25(23)30)19-8-5-9-21(12-19)33-15-17-6-3-2-4-7-17/h2-9,12,14,16,18,20,29H,10-11,13,15H2,1H3,(H2,26,27,28)/t18-,20+. The van der Waals surface area contributed by atoms with Crippen LogP contribution in [0.5, 0.6) is 5.75 Å². The molecule has 176 valence electrons. The second-order valence-electron chi connectivity index (χ2n) is 8.82. The minimum atomic E-state index is -3.18. The number of nitrogens with zero attached hydrogens (tertiary/aromatic N) is 3. The van der Waals surface area contributed by atoms with Gasteiger partial charge in [0.05, 0.1) is 11.6 Å². The van der Waals surface area contributed by atoms with Crippen molar-refractivity contribution in [1.29, 1.82) is 0 Å². The highest BCUT2D eigenvalue weighted by atomic mass is 32.2. The van der Waals surface area contributed by atoms with E-state index in [1.54, 1.807) is 0 Å². The molecule has 0 spiro atoms. The van der Waals surface area contributed by atoms with E-state index in [1.807, 2.05) is 54.6 Å². The van der Waals surface area contributed by atoms with Crippen LogP contribution in [0.1, 0.15) is 24.4 Å². The number of nitrogens with one attached hydrogen (secondary N) is 1. The number of fused-ring (bicyclic) bond motifs is 1. The highest BCUT2D eigenvalue weighted by molar-refractivity contribution is 7.88. The van der Waals surface area contributed by atoms with Gasteiger partial charge in [-0.25, -0.2) is 23.1 Å². The van der Waals surface area contributed by atoms with Crippen LogP contribution in [0.3, 0.4) is 0 Å². The molecule has 0 atom stereocenters. The van der Waals surface area contributed by atoms with Crippen LogP contribution in [0.4, 0.5) is 5.82 Å². The average molecular weight is 478 g/mol. The van der Waals surface area contributed by atoms with Crippen LogP contribution in [0.15, 0.2) is 67.1 Å². The van der Waals surface area contributed by atoms with Crippen LogP contribution in [0, 0.1) is 5.92 Å². The van der Waals surface area contributed by atoms with Crippen molar-refractivity contribution in [2.24, 2.45) is 5.92 Å². The summed E-state index contributed by atoms with van der Waals surface area (Å²) >= 11 is 0. The third-order valence-electron chi connectivity index (χ3n) is 6.27. The normalized spacial score (nSPS) is 18.0. The van der Waals surface area contributed by atoms with E-state index < -0.39 is 10.0 Å². The lowest BCUT2D eigenvalue weighted by Gasteiger charge is -2.36. The molecule has 2 aromatic heterocycles. The molecular formula is C25H27N5O3S. The summed E-state index contributed by atoms with van der Waals surface area (Å²) < 4.78 is 33.6. The van der Waals surface area contributed by atoms with Gasteiger partial charge in [-0.1, -0.05) is 42.5 Å². The van der Waals surface area contributed by atoms with Crippen molar-refractivity contribution < 1.29 is 13.2 Å². The van der Waals surface area contributed by atoms with E-state index >= 15 is 0 Å². The topological polar surface area (TPSA) is 112 Å². The first-order valence-corrected chi connectivity index (χ1v) is 13.1. The van der Waals surface area contributed by atoms with Crippen molar-refractivity contribution in [2.75, 3.05) is 18.5 Å². The van der Waals surface area contributed by atoms with E-state index in [1.165, 1.54) is 12.6 Å². The number of benzene rings is 2. The first-order chi connectivity index (χ1) is 16.4. The Kier molecular flexibility index (Phi) is 5.97. The van der Waals surface area contributed by atoms with Gasteiger partial charge in [0.1, 0.15) is 30.1 Å². The van der Waals surface area contributed by atoms with Crippen LogP contribution >= 0.6 is 0 Å². The molecule has 0 aliphatic heterocycles. The number of anilines is 1. The molecule has 2 heterocycles. The Morgan fingerprint density at radius 2 is 1.91 bits per heavy atom. The molecule has 0 radical (unpaired) electrons. The van der Waals surface area contributed by atoms with Crippen molar-refractivity contribution >= 4 is 26.9 Å². The summed E-state index contributed by atoms with van der Waals surface area (Å²) in [5, 5.41) is 0.820. The largest absolute Gasteiger partial charge is 0.489 e. The van der Waals surface area contributed by atoms with Crippen LogP contribution in [0.2, 0.25) is 0 Å². The molecule has 9 heteroatoms. The van der Waals surface area contributed by atoms with Gasteiger partial charge in [-0.15, -0.1) is 0 Å². The summed E-state index contributed by atoms with van der Waals surface area (Å²) in [5.41, 5.74) is 10.1. The minimum Gasteiger partial charge on any atom is -0.489 e. The number of nitrogens with two attached hydrogens (primary N) is 1. The van der Waals surface area contributed by atoms with Crippen LogP contribution in [-0.2, 0) is 16.6 Å². The molecule has 0 bridgehead atoms. The molecule has 0 amide bonds. The fourth-order valence-corrected chi connectivity index (χ4v) is 5.00. The molecule has 0 saturated heterocycles. The first-order valence-electron chi connectivity index (χ1n) is 11.2. The van der Waals surface area contributed by atoms with Gasteiger partial charge in [-0.3, -0.25) is 0 Å². The smallest absolute Gasteiger partial charge is 0.208 e. The highest BCUT2D eigenvalue weighted by Gasteiger charge is 2.32. The Balaban J connectivity index is 1.40. The molecule has 5 rings (SSSR count). The zero-order valence-electron chi connectivity index (χ0n) is 18.9. The van der Waals surface area contributed by atoms with Gasteiger partial charge in [-0.05, 0) is 42.0 Å². The summed E-state index contributed by atoms with van der Waals surface area (Å²) in [6, 6.07) is 18.2. The maximum absolute atomic E-state index is 11.4. The maximum Gasteiger partial charge on any atom is 0.208 e. The molecule has 34 heavy (non-hydrogen) atoms. The van der Waals surface area contributed by atoms with Gasteiger partial charge >= 0.3 is 0 Å². The average Bonchev–Trinajstić information content (AvgIpc) is 3.17. The lowest BCUT2D eigenvalue weighted by molar-refractivity contribution is 0.204. The van der Waals surface area contributed by atoms with E-state index in [2.05, 4.69) is 25.5 Å². The zero-order chi connectivity index (χ0) is 23.7. The van der Waals surface area contributed by atoms with E-state index in [9.17, 15) is 8.42 Å².